The average Bonchev–Trinajstić information content (AvgIpc) is 2.61. The van der Waals surface area contributed by atoms with E-state index in [1.165, 1.54) is 0 Å². The molecule has 1 aliphatic heterocycles. The van der Waals surface area contributed by atoms with Gasteiger partial charge in [0.2, 0.25) is 5.91 Å². The highest BCUT2D eigenvalue weighted by Crippen LogP contribution is 2.16. The minimum atomic E-state index is -0.311. The Morgan fingerprint density at radius 1 is 1.04 bits per heavy atom. The molecule has 0 radical (unpaired) electrons. The van der Waals surface area contributed by atoms with Crippen molar-refractivity contribution in [2.75, 3.05) is 26.2 Å². The molecule has 0 atom stereocenters. The van der Waals surface area contributed by atoms with Crippen LogP contribution in [0.1, 0.15) is 24.3 Å². The summed E-state index contributed by atoms with van der Waals surface area (Å²) in [5.74, 6) is -0.161. The number of benzene rings is 1. The van der Waals surface area contributed by atoms with Gasteiger partial charge in [0.15, 0.2) is 5.69 Å². The van der Waals surface area contributed by atoms with E-state index in [1.54, 1.807) is 34.1 Å². The van der Waals surface area contributed by atoms with Gasteiger partial charge in [0.05, 0.1) is 5.39 Å². The van der Waals surface area contributed by atoms with E-state index in [0.717, 1.165) is 0 Å². The predicted molar refractivity (Wildman–Crippen MR) is 89.7 cm³/mol. The monoisotopic (exact) mass is 328 g/mol. The van der Waals surface area contributed by atoms with E-state index >= 15 is 0 Å². The summed E-state index contributed by atoms with van der Waals surface area (Å²) in [7, 11) is 0. The maximum absolute atomic E-state index is 12.8. The zero-order valence-corrected chi connectivity index (χ0v) is 13.8. The molecule has 0 spiro atoms. The molecule has 0 aliphatic carbocycles. The fourth-order valence-corrected chi connectivity index (χ4v) is 2.92. The topological polar surface area (TPSA) is 86.4 Å². The molecule has 126 valence electrons. The molecule has 0 saturated carbocycles. The number of hydrogen-bond donors (Lipinski definition) is 1. The maximum atomic E-state index is 12.8. The molecule has 0 unspecified atom stereocenters. The van der Waals surface area contributed by atoms with Gasteiger partial charge in [0.25, 0.3) is 11.5 Å². The third-order valence-corrected chi connectivity index (χ3v) is 4.27. The first-order valence-electron chi connectivity index (χ1n) is 8.04. The van der Waals surface area contributed by atoms with Gasteiger partial charge in [-0.3, -0.25) is 14.4 Å². The van der Waals surface area contributed by atoms with Crippen molar-refractivity contribution in [3.8, 4) is 0 Å². The van der Waals surface area contributed by atoms with E-state index in [9.17, 15) is 14.4 Å². The van der Waals surface area contributed by atoms with Crippen LogP contribution in [0.4, 0.5) is 0 Å². The van der Waals surface area contributed by atoms with Crippen LogP contribution < -0.4 is 5.56 Å². The Labute approximate surface area is 139 Å². The molecule has 1 saturated heterocycles. The van der Waals surface area contributed by atoms with E-state index in [2.05, 4.69) is 10.2 Å². The second-order valence-electron chi connectivity index (χ2n) is 6.22. The predicted octanol–water partition coefficient (Wildman–Crippen LogP) is 0.863. The van der Waals surface area contributed by atoms with Crippen LogP contribution in [-0.2, 0) is 4.79 Å². The molecule has 2 amide bonds. The number of amides is 2. The number of aromatic amines is 1. The number of carbonyl (C=O) groups is 2. The molecule has 0 bridgehead atoms. The second-order valence-corrected chi connectivity index (χ2v) is 6.22. The largest absolute Gasteiger partial charge is 0.339 e. The highest BCUT2D eigenvalue weighted by Gasteiger charge is 2.27. The molecule has 7 heteroatoms. The van der Waals surface area contributed by atoms with Crippen molar-refractivity contribution in [3.05, 3.63) is 40.3 Å². The van der Waals surface area contributed by atoms with Crippen LogP contribution in [-0.4, -0.2) is 58.0 Å². The van der Waals surface area contributed by atoms with Crippen LogP contribution in [0.15, 0.2) is 29.1 Å². The first-order valence-corrected chi connectivity index (χ1v) is 8.04. The van der Waals surface area contributed by atoms with Crippen molar-refractivity contribution >= 4 is 22.6 Å². The summed E-state index contributed by atoms with van der Waals surface area (Å²) in [6.45, 7) is 5.71. The molecule has 1 fully saturated rings. The van der Waals surface area contributed by atoms with E-state index < -0.39 is 0 Å². The number of hydrogen-bond acceptors (Lipinski definition) is 4. The summed E-state index contributed by atoms with van der Waals surface area (Å²) in [5, 5.41) is 7.34. The zero-order chi connectivity index (χ0) is 17.3. The molecule has 1 aliphatic rings. The molecule has 1 N–H and O–H groups in total. The number of H-pyrrole nitrogens is 1. The standard InChI is InChI=1S/C17H20N4O3/c1-11(2)16(23)20-7-9-21(10-8-20)17(24)14-12-5-3-4-6-13(12)15(22)19-18-14/h3-6,11H,7-10H2,1-2H3,(H,19,22). The molecule has 2 heterocycles. The molecule has 24 heavy (non-hydrogen) atoms. The Morgan fingerprint density at radius 2 is 1.62 bits per heavy atom. The van der Waals surface area contributed by atoms with Crippen LogP contribution in [0.3, 0.4) is 0 Å². The van der Waals surface area contributed by atoms with Crippen molar-refractivity contribution < 1.29 is 9.59 Å². The van der Waals surface area contributed by atoms with Gasteiger partial charge >= 0.3 is 0 Å². The van der Waals surface area contributed by atoms with Crippen LogP contribution in [0.5, 0.6) is 0 Å². The zero-order valence-electron chi connectivity index (χ0n) is 13.8. The molecule has 2 aromatic rings. The molecule has 7 nitrogen and oxygen atoms in total. The summed E-state index contributed by atoms with van der Waals surface area (Å²) in [4.78, 5) is 40.1. The quantitative estimate of drug-likeness (QED) is 0.886. The highest BCUT2D eigenvalue weighted by atomic mass is 16.2. The van der Waals surface area contributed by atoms with Crippen molar-refractivity contribution in [1.29, 1.82) is 0 Å². The van der Waals surface area contributed by atoms with E-state index in [0.29, 0.717) is 37.0 Å². The lowest BCUT2D eigenvalue weighted by atomic mass is 10.1. The SMILES string of the molecule is CC(C)C(=O)N1CCN(C(=O)c2n[nH]c(=O)c3ccccc23)CC1. The first-order chi connectivity index (χ1) is 11.5. The number of piperazine rings is 1. The average molecular weight is 328 g/mol. The van der Waals surface area contributed by atoms with Gasteiger partial charge in [-0.25, -0.2) is 5.10 Å². The van der Waals surface area contributed by atoms with Gasteiger partial charge < -0.3 is 9.80 Å². The first kappa shape index (κ1) is 16.2. The summed E-state index contributed by atoms with van der Waals surface area (Å²) in [6, 6.07) is 6.93. The molecule has 3 rings (SSSR count). The van der Waals surface area contributed by atoms with Gasteiger partial charge in [0.1, 0.15) is 0 Å². The smallest absolute Gasteiger partial charge is 0.275 e. The summed E-state index contributed by atoms with van der Waals surface area (Å²) in [5.41, 5.74) is -0.0664. The molecular weight excluding hydrogens is 308 g/mol. The van der Waals surface area contributed by atoms with Gasteiger partial charge in [-0.2, -0.15) is 5.10 Å². The van der Waals surface area contributed by atoms with Crippen LogP contribution in [0.2, 0.25) is 0 Å². The minimum absolute atomic E-state index is 0.0444. The fraction of sp³-hybridized carbons (Fsp3) is 0.412. The lowest BCUT2D eigenvalue weighted by Crippen LogP contribution is -2.51. The van der Waals surface area contributed by atoms with Crippen LogP contribution in [0, 0.1) is 5.92 Å². The number of rotatable bonds is 2. The fourth-order valence-electron chi connectivity index (χ4n) is 2.92. The number of carbonyl (C=O) groups excluding carboxylic acids is 2. The number of aromatic nitrogens is 2. The minimum Gasteiger partial charge on any atom is -0.339 e. The van der Waals surface area contributed by atoms with Gasteiger partial charge in [-0.1, -0.05) is 32.0 Å². The van der Waals surface area contributed by atoms with E-state index in [1.807, 2.05) is 13.8 Å². The summed E-state index contributed by atoms with van der Waals surface area (Å²) < 4.78 is 0. The molecule has 1 aromatic carbocycles. The Morgan fingerprint density at radius 3 is 2.25 bits per heavy atom. The Hall–Kier alpha value is -2.70. The van der Waals surface area contributed by atoms with Crippen molar-refractivity contribution in [2.45, 2.75) is 13.8 Å². The van der Waals surface area contributed by atoms with Crippen molar-refractivity contribution in [3.63, 3.8) is 0 Å². The normalized spacial score (nSPS) is 15.1. The summed E-state index contributed by atoms with van der Waals surface area (Å²) in [6.07, 6.45) is 0. The Balaban J connectivity index is 1.81. The molecule has 1 aromatic heterocycles. The van der Waals surface area contributed by atoms with Crippen LogP contribution >= 0.6 is 0 Å². The summed E-state index contributed by atoms with van der Waals surface area (Å²) >= 11 is 0. The maximum Gasteiger partial charge on any atom is 0.275 e. The lowest BCUT2D eigenvalue weighted by molar-refractivity contribution is -0.135. The highest BCUT2D eigenvalue weighted by molar-refractivity contribution is 6.04. The third-order valence-electron chi connectivity index (χ3n) is 4.27. The Kier molecular flexibility index (Phi) is 4.33. The molecular formula is C17H20N4O3. The Bertz CT molecular complexity index is 835. The lowest BCUT2D eigenvalue weighted by Gasteiger charge is -2.35. The van der Waals surface area contributed by atoms with Crippen LogP contribution in [0.25, 0.3) is 10.8 Å². The van der Waals surface area contributed by atoms with E-state index in [4.69, 9.17) is 0 Å². The number of nitrogens with one attached hydrogen (secondary N) is 1. The number of nitrogens with zero attached hydrogens (tertiary/aromatic N) is 3. The van der Waals surface area contributed by atoms with Crippen molar-refractivity contribution in [2.24, 2.45) is 5.92 Å². The van der Waals surface area contributed by atoms with Crippen molar-refractivity contribution in [1.82, 2.24) is 20.0 Å². The van der Waals surface area contributed by atoms with E-state index in [-0.39, 0.29) is 29.0 Å². The number of fused-ring (bicyclic) bond motifs is 1. The third kappa shape index (κ3) is 2.89. The van der Waals surface area contributed by atoms with Gasteiger partial charge in [-0.15, -0.1) is 0 Å². The second kappa shape index (κ2) is 6.43. The van der Waals surface area contributed by atoms with Gasteiger partial charge in [0, 0.05) is 37.5 Å². The van der Waals surface area contributed by atoms with Gasteiger partial charge in [-0.05, 0) is 6.07 Å².